The van der Waals surface area contributed by atoms with Crippen molar-refractivity contribution >= 4 is 71.3 Å². The number of aliphatic hydroxyl groups is 1. The lowest BCUT2D eigenvalue weighted by Crippen LogP contribution is -2.55. The Hall–Kier alpha value is -6.40. The monoisotopic (exact) mass is 1230 g/mol. The smallest absolute Gasteiger partial charge is 0.329 e. The summed E-state index contributed by atoms with van der Waals surface area (Å²) in [7, 11) is 0. The summed E-state index contributed by atoms with van der Waals surface area (Å²) in [5.74, 6) is -15.6. The third-order valence-electron chi connectivity index (χ3n) is 14.0. The minimum atomic E-state index is -1.56. The second kappa shape index (κ2) is 36.7. The molecule has 0 spiro atoms. The summed E-state index contributed by atoms with van der Waals surface area (Å²) in [5, 5.41) is 25.0. The van der Waals surface area contributed by atoms with Gasteiger partial charge in [0.25, 0.3) is 29.5 Å². The molecule has 0 heterocycles. The Morgan fingerprint density at radius 2 is 0.605 bits per heavy atom. The van der Waals surface area contributed by atoms with Crippen molar-refractivity contribution in [1.82, 2.24) is 31.9 Å². The number of esters is 6. The Morgan fingerprint density at radius 3 is 0.872 bits per heavy atom. The third-order valence-corrected chi connectivity index (χ3v) is 14.0. The standard InChI is InChI=1S/C61H106N6O19/c1-25-35(17)47(84-58(78)44(32(11)12)62-49(69)37(19)68)53(73)66-42(30(7)8)56(76)82-39(21)51(71)64-45(33(13)14)59(79)85-48(36(18)26-2)54(74)67-41(29(5)6)55(75)81-38(20)50(70)63-43(31(9)10)57(77)83-40(27-28(3)4)52(72)65-46(34(15)16)60(80)86-61(22,23)24/h28-48,68H,25-27H2,1-24H3,(H,62,69)(H,63,70)(H,64,71)(H,65,72)(H,66,73)(H,67,74)/t35-,36-,37+,38-,39-,40+,41+,42+,43-,44-,45-,46+,47+,48+/m0/s1. The fraction of sp³-hybridized carbons (Fsp3) is 0.803. The molecule has 0 fully saturated rings. The lowest BCUT2D eigenvalue weighted by atomic mass is 9.98. The minimum absolute atomic E-state index is 0.0737. The number of carbonyl (C=O) groups is 12. The lowest BCUT2D eigenvalue weighted by molar-refractivity contribution is -0.167. The largest absolute Gasteiger partial charge is 0.458 e. The summed E-state index contributed by atoms with van der Waals surface area (Å²) in [6, 6.07) is -7.79. The van der Waals surface area contributed by atoms with E-state index in [2.05, 4.69) is 31.9 Å². The van der Waals surface area contributed by atoms with Gasteiger partial charge >= 0.3 is 35.8 Å². The summed E-state index contributed by atoms with van der Waals surface area (Å²) in [5.41, 5.74) is -0.836. The Balaban J connectivity index is 6.31. The van der Waals surface area contributed by atoms with E-state index >= 15 is 0 Å². The number of hydrogen-bond donors (Lipinski definition) is 7. The molecule has 0 unspecified atom stereocenters. The van der Waals surface area contributed by atoms with Crippen molar-refractivity contribution in [1.29, 1.82) is 0 Å². The van der Waals surface area contributed by atoms with Gasteiger partial charge in [-0.25, -0.2) is 28.8 Å². The van der Waals surface area contributed by atoms with E-state index in [0.29, 0.717) is 12.8 Å². The Morgan fingerprint density at radius 1 is 0.349 bits per heavy atom. The average Bonchev–Trinajstić information content (AvgIpc) is 2.82. The predicted molar refractivity (Wildman–Crippen MR) is 317 cm³/mol. The van der Waals surface area contributed by atoms with Crippen molar-refractivity contribution in [2.75, 3.05) is 0 Å². The Kier molecular flexibility index (Phi) is 33.9. The van der Waals surface area contributed by atoms with E-state index in [1.54, 1.807) is 132 Å². The van der Waals surface area contributed by atoms with Gasteiger partial charge in [0.2, 0.25) is 5.91 Å². The van der Waals surface area contributed by atoms with Gasteiger partial charge in [-0.1, -0.05) is 125 Å². The van der Waals surface area contributed by atoms with Crippen LogP contribution in [0.5, 0.6) is 0 Å². The zero-order chi connectivity index (χ0) is 67.2. The summed E-state index contributed by atoms with van der Waals surface area (Å²) in [4.78, 5) is 163. The SMILES string of the molecule is CC[C@H](C)[C@@H](OC(=O)[C@@H](NC(=O)[C@H](C)OC(=O)[C@H](NC(=O)[C@H](OC(=O)[C@@H](NC(=O)[C@@H](C)O)C(C)C)[C@@H](C)CC)C(C)C)C(C)C)C(=O)N[C@@H](C(=O)O[C@@H](C)C(=O)N[C@H](C(=O)O[C@H](CC(C)C)C(=O)N[C@@H](C(=O)OC(C)(C)C)C(C)C)C(C)C)C(C)C. The lowest BCUT2D eigenvalue weighted by Gasteiger charge is -2.30. The van der Waals surface area contributed by atoms with Gasteiger partial charge in [0.1, 0.15) is 48.0 Å². The summed E-state index contributed by atoms with van der Waals surface area (Å²) >= 11 is 0. The molecule has 0 aliphatic carbocycles. The highest BCUT2D eigenvalue weighted by Crippen LogP contribution is 2.21. The zero-order valence-corrected chi connectivity index (χ0v) is 55.5. The molecule has 0 bridgehead atoms. The fourth-order valence-electron chi connectivity index (χ4n) is 8.02. The van der Waals surface area contributed by atoms with Gasteiger partial charge in [-0.05, 0) is 102 Å². The first-order valence-corrected chi connectivity index (χ1v) is 30.2. The molecule has 7 N–H and O–H groups in total. The average molecular weight is 1230 g/mol. The number of carbonyl (C=O) groups excluding carboxylic acids is 12. The Bertz CT molecular complexity index is 2290. The quantitative estimate of drug-likeness (QED) is 0.0344. The third kappa shape index (κ3) is 26.7. The maximum Gasteiger partial charge on any atom is 0.329 e. The number of aliphatic hydroxyl groups excluding tert-OH is 1. The first-order valence-electron chi connectivity index (χ1n) is 30.2. The van der Waals surface area contributed by atoms with Crippen LogP contribution in [-0.4, -0.2) is 155 Å². The van der Waals surface area contributed by atoms with E-state index in [0.717, 1.165) is 0 Å². The molecular weight excluding hydrogens is 1120 g/mol. The molecule has 86 heavy (non-hydrogen) atoms. The van der Waals surface area contributed by atoms with E-state index < -0.39 is 191 Å². The second-order valence-electron chi connectivity index (χ2n) is 25.8. The van der Waals surface area contributed by atoms with Crippen molar-refractivity contribution in [3.8, 4) is 0 Å². The van der Waals surface area contributed by atoms with Gasteiger partial charge < -0.3 is 65.4 Å². The molecule has 494 valence electrons. The molecule has 0 rings (SSSR count). The molecule has 6 amide bonds. The maximum atomic E-state index is 14.1. The van der Waals surface area contributed by atoms with Gasteiger partial charge in [0.05, 0.1) is 0 Å². The highest BCUT2D eigenvalue weighted by Gasteiger charge is 2.42. The fourth-order valence-corrected chi connectivity index (χ4v) is 8.02. The first-order chi connectivity index (χ1) is 39.4. The van der Waals surface area contributed by atoms with Gasteiger partial charge in [-0.15, -0.1) is 0 Å². The van der Waals surface area contributed by atoms with Crippen molar-refractivity contribution < 1.29 is 91.1 Å². The summed E-state index contributed by atoms with van der Waals surface area (Å²) in [6.45, 7) is 38.7. The molecule has 0 saturated carbocycles. The van der Waals surface area contributed by atoms with Crippen molar-refractivity contribution in [3.05, 3.63) is 0 Å². The van der Waals surface area contributed by atoms with Crippen LogP contribution in [0.2, 0.25) is 0 Å². The molecular formula is C61H106N6O19. The molecule has 0 aliphatic rings. The Labute approximate surface area is 509 Å². The molecule has 0 aliphatic heterocycles. The summed E-state index contributed by atoms with van der Waals surface area (Å²) in [6.07, 6.45) is -8.11. The van der Waals surface area contributed by atoms with Gasteiger partial charge in [-0.2, -0.15) is 0 Å². The number of nitrogens with one attached hydrogen (secondary N) is 6. The molecule has 0 radical (unpaired) electrons. The van der Waals surface area contributed by atoms with Crippen LogP contribution in [0.3, 0.4) is 0 Å². The maximum absolute atomic E-state index is 14.1. The molecule has 25 heteroatoms. The van der Waals surface area contributed by atoms with Gasteiger partial charge in [-0.3, -0.25) is 28.8 Å². The van der Waals surface area contributed by atoms with E-state index in [-0.39, 0.29) is 18.3 Å². The summed E-state index contributed by atoms with van der Waals surface area (Å²) < 4.78 is 33.7. The number of rotatable bonds is 35. The van der Waals surface area contributed by atoms with Crippen molar-refractivity contribution in [3.63, 3.8) is 0 Å². The van der Waals surface area contributed by atoms with E-state index in [1.165, 1.54) is 20.8 Å². The topological polar surface area (TPSA) is 353 Å². The highest BCUT2D eigenvalue weighted by atomic mass is 16.6. The van der Waals surface area contributed by atoms with E-state index in [4.69, 9.17) is 28.4 Å². The van der Waals surface area contributed by atoms with Gasteiger partial charge in [0.15, 0.2) is 30.5 Å². The molecule has 0 saturated heterocycles. The van der Waals surface area contributed by atoms with Crippen LogP contribution in [0.25, 0.3) is 0 Å². The molecule has 25 nitrogen and oxygen atoms in total. The van der Waals surface area contributed by atoms with Crippen molar-refractivity contribution in [2.24, 2.45) is 53.3 Å². The number of hydrogen-bond acceptors (Lipinski definition) is 19. The predicted octanol–water partition coefficient (Wildman–Crippen LogP) is 4.29. The molecule has 0 aromatic carbocycles. The first kappa shape index (κ1) is 79.6. The van der Waals surface area contributed by atoms with Gasteiger partial charge in [0, 0.05) is 11.8 Å². The highest BCUT2D eigenvalue weighted by molar-refractivity contribution is 5.95. The number of amides is 6. The van der Waals surface area contributed by atoms with Crippen molar-refractivity contribution in [2.45, 2.75) is 264 Å². The molecule has 0 aromatic rings. The van der Waals surface area contributed by atoms with Crippen LogP contribution >= 0.6 is 0 Å². The van der Waals surface area contributed by atoms with Crippen LogP contribution in [0.15, 0.2) is 0 Å². The van der Waals surface area contributed by atoms with E-state index in [1.807, 2.05) is 13.8 Å². The zero-order valence-electron chi connectivity index (χ0n) is 55.5. The number of ether oxygens (including phenoxy) is 6. The van der Waals surface area contributed by atoms with Crippen LogP contribution < -0.4 is 31.9 Å². The van der Waals surface area contributed by atoms with Crippen LogP contribution in [0, 0.1) is 53.3 Å². The second-order valence-corrected chi connectivity index (χ2v) is 25.8. The normalized spacial score (nSPS) is 16.7. The van der Waals surface area contributed by atoms with Crippen LogP contribution in [-0.2, 0) is 86.0 Å². The molecule has 0 aromatic heterocycles. The molecule has 14 atom stereocenters. The van der Waals surface area contributed by atoms with Crippen LogP contribution in [0.1, 0.15) is 185 Å². The van der Waals surface area contributed by atoms with Crippen LogP contribution in [0.4, 0.5) is 0 Å². The van der Waals surface area contributed by atoms with E-state index in [9.17, 15) is 62.6 Å². The minimum Gasteiger partial charge on any atom is -0.458 e.